The maximum Gasteiger partial charge on any atom is 0.305 e. The van der Waals surface area contributed by atoms with Gasteiger partial charge in [-0.25, -0.2) is 0 Å². The van der Waals surface area contributed by atoms with Crippen molar-refractivity contribution in [3.8, 4) is 0 Å². The summed E-state index contributed by atoms with van der Waals surface area (Å²) in [5.41, 5.74) is 2.41. The van der Waals surface area contributed by atoms with E-state index in [2.05, 4.69) is 16.9 Å². The van der Waals surface area contributed by atoms with Crippen LogP contribution in [0.15, 0.2) is 24.3 Å². The first kappa shape index (κ1) is 13.8. The Labute approximate surface area is 114 Å². The van der Waals surface area contributed by atoms with Gasteiger partial charge in [0, 0.05) is 12.8 Å². The molecule has 3 heteroatoms. The number of ether oxygens (including phenoxy) is 1. The van der Waals surface area contributed by atoms with Crippen LogP contribution in [0.4, 0.5) is 0 Å². The monoisotopic (exact) mass is 260 g/mol. The summed E-state index contributed by atoms with van der Waals surface area (Å²) in [5.74, 6) is 0.456. The molecule has 1 aromatic rings. The van der Waals surface area contributed by atoms with E-state index in [1.807, 2.05) is 12.1 Å². The van der Waals surface area contributed by atoms with Crippen molar-refractivity contribution in [1.29, 1.82) is 0 Å². The molecule has 1 aliphatic rings. The second kappa shape index (κ2) is 6.50. The van der Waals surface area contributed by atoms with Crippen LogP contribution in [0.3, 0.4) is 0 Å². The maximum atomic E-state index is 11.8. The van der Waals surface area contributed by atoms with E-state index in [0.717, 1.165) is 5.56 Å². The molecule has 1 aromatic carbocycles. The zero-order valence-corrected chi connectivity index (χ0v) is 11.4. The van der Waals surface area contributed by atoms with Gasteiger partial charge in [0.25, 0.3) is 0 Å². The minimum atomic E-state index is -0.323. The van der Waals surface area contributed by atoms with Crippen LogP contribution in [0.25, 0.3) is 0 Å². The van der Waals surface area contributed by atoms with E-state index in [-0.39, 0.29) is 24.6 Å². The molecular weight excluding hydrogens is 240 g/mol. The van der Waals surface area contributed by atoms with E-state index in [0.29, 0.717) is 12.3 Å². The number of hydrogen-bond donors (Lipinski definition) is 0. The Bertz CT molecular complexity index is 461. The lowest BCUT2D eigenvalue weighted by Gasteiger charge is -2.26. The maximum absolute atomic E-state index is 11.8. The molecule has 0 spiro atoms. The van der Waals surface area contributed by atoms with Crippen LogP contribution in [-0.4, -0.2) is 18.9 Å². The normalized spacial score (nSPS) is 14.8. The topological polar surface area (TPSA) is 43.4 Å². The van der Waals surface area contributed by atoms with Gasteiger partial charge in [-0.1, -0.05) is 30.7 Å². The van der Waals surface area contributed by atoms with Gasteiger partial charge >= 0.3 is 5.97 Å². The first-order valence-electron chi connectivity index (χ1n) is 6.86. The van der Waals surface area contributed by atoms with Crippen LogP contribution in [0.5, 0.6) is 0 Å². The minimum Gasteiger partial charge on any atom is -0.469 e. The first-order chi connectivity index (χ1) is 9.19. The van der Waals surface area contributed by atoms with Crippen molar-refractivity contribution < 1.29 is 14.3 Å². The highest BCUT2D eigenvalue weighted by atomic mass is 16.5. The molecule has 3 nitrogen and oxygen atoms in total. The van der Waals surface area contributed by atoms with Crippen LogP contribution < -0.4 is 0 Å². The summed E-state index contributed by atoms with van der Waals surface area (Å²) in [7, 11) is 1.34. The summed E-state index contributed by atoms with van der Waals surface area (Å²) in [6.07, 6.45) is 4.70. The lowest BCUT2D eigenvalue weighted by atomic mass is 9.79. The molecule has 2 rings (SSSR count). The van der Waals surface area contributed by atoms with Gasteiger partial charge in [-0.05, 0) is 29.9 Å². The number of hydrogen-bond acceptors (Lipinski definition) is 3. The third kappa shape index (κ3) is 3.91. The van der Waals surface area contributed by atoms with E-state index >= 15 is 0 Å². The third-order valence-electron chi connectivity index (χ3n) is 3.76. The van der Waals surface area contributed by atoms with Crippen molar-refractivity contribution >= 4 is 11.8 Å². The molecule has 0 aliphatic heterocycles. The zero-order chi connectivity index (χ0) is 13.7. The largest absolute Gasteiger partial charge is 0.469 e. The summed E-state index contributed by atoms with van der Waals surface area (Å²) < 4.78 is 4.53. The highest BCUT2D eigenvalue weighted by Crippen LogP contribution is 2.36. The molecule has 102 valence electrons. The number of esters is 1. The minimum absolute atomic E-state index is 0.0937. The molecule has 0 amide bonds. The average Bonchev–Trinajstić information content (AvgIpc) is 2.34. The molecule has 1 saturated carbocycles. The van der Waals surface area contributed by atoms with E-state index in [1.165, 1.54) is 31.9 Å². The third-order valence-corrected chi connectivity index (χ3v) is 3.76. The Balaban J connectivity index is 1.87. The van der Waals surface area contributed by atoms with E-state index in [1.54, 1.807) is 0 Å². The van der Waals surface area contributed by atoms with Crippen molar-refractivity contribution in [3.63, 3.8) is 0 Å². The molecule has 0 aromatic heterocycles. The number of benzene rings is 1. The smallest absolute Gasteiger partial charge is 0.305 e. The van der Waals surface area contributed by atoms with Gasteiger partial charge < -0.3 is 4.74 Å². The van der Waals surface area contributed by atoms with Gasteiger partial charge in [-0.2, -0.15) is 0 Å². The SMILES string of the molecule is COC(=O)CCC(=O)Cc1cccc(C2CCC2)c1. The molecule has 19 heavy (non-hydrogen) atoms. The Morgan fingerprint density at radius 1 is 1.26 bits per heavy atom. The number of Topliss-reactive ketones (excluding diaryl/α,β-unsaturated/α-hetero) is 1. The van der Waals surface area contributed by atoms with Gasteiger partial charge in [0.15, 0.2) is 0 Å². The summed E-state index contributed by atoms with van der Waals surface area (Å²) in [4.78, 5) is 22.8. The fourth-order valence-corrected chi connectivity index (χ4v) is 2.36. The number of methoxy groups -OCH3 is 1. The second-order valence-electron chi connectivity index (χ2n) is 5.16. The molecular formula is C16H20O3. The second-order valence-corrected chi connectivity index (χ2v) is 5.16. The van der Waals surface area contributed by atoms with Gasteiger partial charge in [0.1, 0.15) is 5.78 Å². The Kier molecular flexibility index (Phi) is 4.72. The Morgan fingerprint density at radius 2 is 2.05 bits per heavy atom. The predicted molar refractivity (Wildman–Crippen MR) is 73.0 cm³/mol. The lowest BCUT2D eigenvalue weighted by molar-refractivity contribution is -0.141. The highest BCUT2D eigenvalue weighted by molar-refractivity contribution is 5.84. The summed E-state index contributed by atoms with van der Waals surface area (Å²) >= 11 is 0. The fraction of sp³-hybridized carbons (Fsp3) is 0.500. The fourth-order valence-electron chi connectivity index (χ4n) is 2.36. The number of carbonyl (C=O) groups excluding carboxylic acids is 2. The number of carbonyl (C=O) groups is 2. The van der Waals surface area contributed by atoms with Crippen LogP contribution >= 0.6 is 0 Å². The summed E-state index contributed by atoms with van der Waals surface area (Å²) in [6, 6.07) is 8.29. The van der Waals surface area contributed by atoms with Crippen molar-refractivity contribution in [1.82, 2.24) is 0 Å². The summed E-state index contributed by atoms with van der Waals surface area (Å²) in [6.45, 7) is 0. The number of rotatable bonds is 6. The Hall–Kier alpha value is -1.64. The first-order valence-corrected chi connectivity index (χ1v) is 6.86. The lowest BCUT2D eigenvalue weighted by Crippen LogP contribution is -2.10. The van der Waals surface area contributed by atoms with Crippen LogP contribution in [0, 0.1) is 0 Å². The molecule has 1 fully saturated rings. The van der Waals surface area contributed by atoms with Crippen molar-refractivity contribution in [2.75, 3.05) is 7.11 Å². The van der Waals surface area contributed by atoms with Gasteiger partial charge in [0.05, 0.1) is 13.5 Å². The van der Waals surface area contributed by atoms with Crippen molar-refractivity contribution in [3.05, 3.63) is 35.4 Å². The zero-order valence-electron chi connectivity index (χ0n) is 11.4. The predicted octanol–water partition coefficient (Wildman–Crippen LogP) is 3.02. The molecule has 0 unspecified atom stereocenters. The molecule has 0 bridgehead atoms. The molecule has 1 aliphatic carbocycles. The van der Waals surface area contributed by atoms with E-state index in [4.69, 9.17) is 0 Å². The van der Waals surface area contributed by atoms with Crippen LogP contribution in [0.1, 0.15) is 49.1 Å². The molecule has 0 radical (unpaired) electrons. The molecule has 0 N–H and O–H groups in total. The standard InChI is InChI=1S/C16H20O3/c1-19-16(18)9-8-15(17)11-12-4-2-7-14(10-12)13-5-3-6-13/h2,4,7,10,13H,3,5-6,8-9,11H2,1H3. The van der Waals surface area contributed by atoms with Gasteiger partial charge in [-0.3, -0.25) is 9.59 Å². The van der Waals surface area contributed by atoms with Crippen molar-refractivity contribution in [2.45, 2.75) is 44.4 Å². The highest BCUT2D eigenvalue weighted by Gasteiger charge is 2.19. The molecule has 0 heterocycles. The molecule has 0 saturated heterocycles. The van der Waals surface area contributed by atoms with Gasteiger partial charge in [-0.15, -0.1) is 0 Å². The van der Waals surface area contributed by atoms with E-state index in [9.17, 15) is 9.59 Å². The van der Waals surface area contributed by atoms with Crippen LogP contribution in [-0.2, 0) is 20.7 Å². The molecule has 0 atom stereocenters. The van der Waals surface area contributed by atoms with Gasteiger partial charge in [0.2, 0.25) is 0 Å². The number of ketones is 1. The van der Waals surface area contributed by atoms with E-state index < -0.39 is 0 Å². The van der Waals surface area contributed by atoms with Crippen LogP contribution in [0.2, 0.25) is 0 Å². The Morgan fingerprint density at radius 3 is 2.68 bits per heavy atom. The summed E-state index contributed by atoms with van der Waals surface area (Å²) in [5, 5.41) is 0. The average molecular weight is 260 g/mol. The van der Waals surface area contributed by atoms with Crippen molar-refractivity contribution in [2.24, 2.45) is 0 Å². The quantitative estimate of drug-likeness (QED) is 0.738.